The molecule has 0 aliphatic heterocycles. The Morgan fingerprint density at radius 1 is 0.853 bits per heavy atom. The van der Waals surface area contributed by atoms with Gasteiger partial charge in [-0.25, -0.2) is 4.79 Å². The number of carboxylic acid groups (broad SMARTS) is 1. The van der Waals surface area contributed by atoms with Crippen molar-refractivity contribution >= 4 is 59.1 Å². The molecule has 0 aliphatic carbocycles. The van der Waals surface area contributed by atoms with Crippen molar-refractivity contribution in [1.29, 1.82) is 0 Å². The lowest BCUT2D eigenvalue weighted by molar-refractivity contribution is 0.0689. The number of carbonyl (C=O) groups is 4. The molecule has 0 radical (unpaired) electrons. The van der Waals surface area contributed by atoms with E-state index in [2.05, 4.69) is 15.3 Å². The molecule has 12 heteroatoms. The average molecular weight is 540 g/mol. The third kappa shape index (κ3) is 9.50. The van der Waals surface area contributed by atoms with Crippen LogP contribution in [-0.4, -0.2) is 63.4 Å². The number of carbonyl (C=O) groups excluding carboxylic acids is 3. The fourth-order valence-corrected chi connectivity index (χ4v) is 3.34. The van der Waals surface area contributed by atoms with Gasteiger partial charge in [0.05, 0.1) is 0 Å². The van der Waals surface area contributed by atoms with Crippen molar-refractivity contribution in [1.82, 2.24) is 15.3 Å². The Hall–Kier alpha value is -2.33. The first-order valence-corrected chi connectivity index (χ1v) is 11.2. The van der Waals surface area contributed by atoms with Crippen LogP contribution in [0.1, 0.15) is 78.1 Å². The third-order valence-electron chi connectivity index (χ3n) is 4.51. The minimum absolute atomic E-state index is 0. The molecule has 0 aromatic carbocycles. The van der Waals surface area contributed by atoms with Gasteiger partial charge in [0.15, 0.2) is 11.6 Å². The second kappa shape index (κ2) is 16.3. The summed E-state index contributed by atoms with van der Waals surface area (Å²) in [4.78, 5) is 50.4. The number of hydrogen-bond donors (Lipinski definition) is 5. The molecule has 2 aromatic rings. The van der Waals surface area contributed by atoms with Crippen LogP contribution in [-0.2, 0) is 0 Å². The fraction of sp³-hybridized carbons (Fsp3) is 0.455. The van der Waals surface area contributed by atoms with Gasteiger partial charge in [-0.1, -0.05) is 0 Å². The molecular weight excluding hydrogens is 507 g/mol. The number of nitrogens with two attached hydrogens (primary N) is 1. The Morgan fingerprint density at radius 2 is 1.24 bits per heavy atom. The van der Waals surface area contributed by atoms with E-state index in [1.165, 1.54) is 13.8 Å². The molecule has 2 aromatic heterocycles. The maximum atomic E-state index is 11.7. The molecule has 1 amide bonds. The molecular formula is C22H33Cl3N4O5. The number of carboxylic acids is 1. The number of aromatic amines is 2. The number of hydrogen-bond acceptors (Lipinski definition) is 5. The molecule has 0 saturated carbocycles. The number of aromatic carboxylic acids is 1. The van der Waals surface area contributed by atoms with E-state index in [4.69, 9.17) is 34.0 Å². The SMILES string of the molecule is CC(=O)c1c(C)[nH]c(C(=O)NCCCl)c1C.CC(=O)c1c(C)[nH]c(C(=O)O)c1C.Cl.NCCCl. The fourth-order valence-electron chi connectivity index (χ4n) is 3.25. The van der Waals surface area contributed by atoms with Gasteiger partial charge >= 0.3 is 5.97 Å². The maximum absolute atomic E-state index is 11.7. The van der Waals surface area contributed by atoms with Gasteiger partial charge in [-0.05, 0) is 52.7 Å². The number of alkyl halides is 2. The van der Waals surface area contributed by atoms with Gasteiger partial charge in [0.2, 0.25) is 0 Å². The summed E-state index contributed by atoms with van der Waals surface area (Å²) in [7, 11) is 0. The largest absolute Gasteiger partial charge is 0.477 e. The second-order valence-electron chi connectivity index (χ2n) is 7.09. The zero-order valence-corrected chi connectivity index (χ0v) is 22.5. The highest BCUT2D eigenvalue weighted by molar-refractivity contribution is 6.18. The van der Waals surface area contributed by atoms with Gasteiger partial charge in [-0.2, -0.15) is 0 Å². The van der Waals surface area contributed by atoms with Crippen LogP contribution in [0.5, 0.6) is 0 Å². The van der Waals surface area contributed by atoms with Gasteiger partial charge in [0.25, 0.3) is 5.91 Å². The Balaban J connectivity index is 0. The molecule has 9 nitrogen and oxygen atoms in total. The first-order chi connectivity index (χ1) is 15.3. The van der Waals surface area contributed by atoms with Gasteiger partial charge < -0.3 is 26.1 Å². The van der Waals surface area contributed by atoms with Crippen molar-refractivity contribution in [3.8, 4) is 0 Å². The lowest BCUT2D eigenvalue weighted by Gasteiger charge is -2.02. The van der Waals surface area contributed by atoms with Crippen LogP contribution in [0.25, 0.3) is 0 Å². The summed E-state index contributed by atoms with van der Waals surface area (Å²) >= 11 is 10.5. The monoisotopic (exact) mass is 538 g/mol. The molecule has 0 bridgehead atoms. The molecule has 0 spiro atoms. The molecule has 192 valence electrons. The first-order valence-electron chi connectivity index (χ1n) is 10.1. The second-order valence-corrected chi connectivity index (χ2v) is 7.85. The van der Waals surface area contributed by atoms with Crippen molar-refractivity contribution in [2.24, 2.45) is 5.73 Å². The normalized spacial score (nSPS) is 9.56. The van der Waals surface area contributed by atoms with Crippen LogP contribution in [0.3, 0.4) is 0 Å². The Bertz CT molecular complexity index is 997. The highest BCUT2D eigenvalue weighted by Gasteiger charge is 2.19. The summed E-state index contributed by atoms with van der Waals surface area (Å²) in [6, 6.07) is 0. The van der Waals surface area contributed by atoms with Crippen LogP contribution in [0.2, 0.25) is 0 Å². The average Bonchev–Trinajstić information content (AvgIpc) is 3.21. The lowest BCUT2D eigenvalue weighted by Crippen LogP contribution is -2.26. The predicted molar refractivity (Wildman–Crippen MR) is 138 cm³/mol. The van der Waals surface area contributed by atoms with E-state index in [0.29, 0.717) is 58.5 Å². The number of aryl methyl sites for hydroxylation is 2. The summed E-state index contributed by atoms with van der Waals surface area (Å²) in [6.07, 6.45) is 0. The number of amides is 1. The molecule has 6 N–H and O–H groups in total. The predicted octanol–water partition coefficient (Wildman–Crippen LogP) is 3.94. The Morgan fingerprint density at radius 3 is 1.50 bits per heavy atom. The minimum atomic E-state index is -1.03. The number of halogens is 3. The lowest BCUT2D eigenvalue weighted by atomic mass is 10.1. The minimum Gasteiger partial charge on any atom is -0.477 e. The Kier molecular flexibility index (Phi) is 16.2. The molecule has 0 aliphatic rings. The third-order valence-corrected chi connectivity index (χ3v) is 4.92. The van der Waals surface area contributed by atoms with E-state index in [9.17, 15) is 19.2 Å². The van der Waals surface area contributed by atoms with Crippen LogP contribution in [0.15, 0.2) is 0 Å². The summed E-state index contributed by atoms with van der Waals surface area (Å²) in [5, 5.41) is 11.4. The van der Waals surface area contributed by atoms with Crippen molar-refractivity contribution < 1.29 is 24.3 Å². The van der Waals surface area contributed by atoms with E-state index >= 15 is 0 Å². The van der Waals surface area contributed by atoms with E-state index in [1.54, 1.807) is 27.7 Å². The first kappa shape index (κ1) is 33.8. The molecule has 0 saturated heterocycles. The summed E-state index contributed by atoms with van der Waals surface area (Å²) in [6.45, 7) is 10.8. The van der Waals surface area contributed by atoms with Crippen LogP contribution >= 0.6 is 35.6 Å². The molecule has 0 fully saturated rings. The topological polar surface area (TPSA) is 158 Å². The van der Waals surface area contributed by atoms with E-state index < -0.39 is 5.97 Å². The molecule has 0 atom stereocenters. The summed E-state index contributed by atoms with van der Waals surface area (Å²) in [5.41, 5.74) is 9.05. The molecule has 2 rings (SSSR count). The summed E-state index contributed by atoms with van der Waals surface area (Å²) in [5.74, 6) is -0.479. The quantitative estimate of drug-likeness (QED) is 0.265. The molecule has 34 heavy (non-hydrogen) atoms. The highest BCUT2D eigenvalue weighted by atomic mass is 35.5. The van der Waals surface area contributed by atoms with Crippen molar-refractivity contribution in [3.05, 3.63) is 45.0 Å². The van der Waals surface area contributed by atoms with Crippen LogP contribution in [0.4, 0.5) is 0 Å². The van der Waals surface area contributed by atoms with Crippen LogP contribution in [0, 0.1) is 27.7 Å². The van der Waals surface area contributed by atoms with Gasteiger partial charge in [-0.3, -0.25) is 14.4 Å². The zero-order chi connectivity index (χ0) is 25.9. The number of H-pyrrole nitrogens is 2. The van der Waals surface area contributed by atoms with Crippen molar-refractivity contribution in [3.63, 3.8) is 0 Å². The van der Waals surface area contributed by atoms with Crippen molar-refractivity contribution in [2.45, 2.75) is 41.5 Å². The standard InChI is InChI=1S/C11H15ClN2O2.C9H11NO3.C2H6ClN.ClH/c1-6-9(8(3)15)7(2)14-10(6)11(16)13-5-4-12;1-4-7(6(3)11)5(2)10-8(4)9(12)13;3-1-2-4;/h14H,4-5H2,1-3H3,(H,13,16);10H,1-3H3,(H,12,13);1-2,4H2;1H. The van der Waals surface area contributed by atoms with Gasteiger partial charge in [0, 0.05) is 47.4 Å². The Labute approximate surface area is 215 Å². The number of rotatable bonds is 7. The summed E-state index contributed by atoms with van der Waals surface area (Å²) < 4.78 is 0. The maximum Gasteiger partial charge on any atom is 0.352 e. The van der Waals surface area contributed by atoms with E-state index in [0.717, 1.165) is 5.69 Å². The number of Topliss-reactive ketones (excluding diaryl/α,β-unsaturated/α-hetero) is 2. The van der Waals surface area contributed by atoms with Gasteiger partial charge in [-0.15, -0.1) is 35.6 Å². The number of nitrogens with one attached hydrogen (secondary N) is 3. The van der Waals surface area contributed by atoms with Crippen molar-refractivity contribution in [2.75, 3.05) is 24.8 Å². The van der Waals surface area contributed by atoms with E-state index in [1.807, 2.05) is 0 Å². The highest BCUT2D eigenvalue weighted by Crippen LogP contribution is 2.19. The van der Waals surface area contributed by atoms with E-state index in [-0.39, 0.29) is 35.6 Å². The number of aromatic nitrogens is 2. The zero-order valence-electron chi connectivity index (χ0n) is 20.2. The smallest absolute Gasteiger partial charge is 0.352 e. The molecule has 2 heterocycles. The molecule has 0 unspecified atom stereocenters. The number of ketones is 2. The van der Waals surface area contributed by atoms with Gasteiger partial charge in [0.1, 0.15) is 11.4 Å². The van der Waals surface area contributed by atoms with Crippen LogP contribution < -0.4 is 11.1 Å².